The molecule has 0 amide bonds. The Balaban J connectivity index is 1.83. The molecule has 1 unspecified atom stereocenters. The van der Waals surface area contributed by atoms with Gasteiger partial charge in [0.2, 0.25) is 0 Å². The topological polar surface area (TPSA) is 52.0 Å². The quantitative estimate of drug-likeness (QED) is 0.570. The lowest BCUT2D eigenvalue weighted by Gasteiger charge is -2.33. The van der Waals surface area contributed by atoms with Gasteiger partial charge in [-0.15, -0.1) is 0 Å². The summed E-state index contributed by atoms with van der Waals surface area (Å²) in [4.78, 5) is 0. The van der Waals surface area contributed by atoms with E-state index in [-0.39, 0.29) is 5.41 Å². The van der Waals surface area contributed by atoms with Crippen molar-refractivity contribution < 1.29 is 0 Å². The van der Waals surface area contributed by atoms with Crippen LogP contribution in [0.4, 0.5) is 5.69 Å². The van der Waals surface area contributed by atoms with Gasteiger partial charge < -0.3 is 11.5 Å². The monoisotopic (exact) mass is 348 g/mol. The second kappa shape index (κ2) is 4.92. The highest BCUT2D eigenvalue weighted by atomic mass is 14.6. The van der Waals surface area contributed by atoms with Crippen LogP contribution in [0, 0.1) is 0 Å². The molecule has 27 heavy (non-hydrogen) atoms. The van der Waals surface area contributed by atoms with E-state index in [9.17, 15) is 0 Å². The van der Waals surface area contributed by atoms with Crippen molar-refractivity contribution in [2.24, 2.45) is 5.73 Å². The minimum absolute atomic E-state index is 0.290. The summed E-state index contributed by atoms with van der Waals surface area (Å²) in [6, 6.07) is 24.0. The Morgan fingerprint density at radius 3 is 2.15 bits per heavy atom. The molecule has 1 spiro atoms. The largest absolute Gasteiger partial charge is 0.399 e. The molecule has 0 heterocycles. The molecule has 0 bridgehead atoms. The predicted octanol–water partition coefficient (Wildman–Crippen LogP) is 4.85. The van der Waals surface area contributed by atoms with E-state index >= 15 is 0 Å². The SMILES string of the molecule is NC1=CCC2C(=C1)C1(c3ccccc3-c3ccccc31)c1cc(N)ccc12. The van der Waals surface area contributed by atoms with Crippen molar-refractivity contribution in [1.82, 2.24) is 0 Å². The summed E-state index contributed by atoms with van der Waals surface area (Å²) < 4.78 is 0. The molecule has 130 valence electrons. The second-order valence-corrected chi connectivity index (χ2v) is 7.78. The normalized spacial score (nSPS) is 20.4. The molecule has 0 aliphatic heterocycles. The molecular formula is C25H20N2. The molecule has 4 N–H and O–H groups in total. The number of nitrogen functional groups attached to an aromatic ring is 1. The lowest BCUT2D eigenvalue weighted by atomic mass is 9.68. The van der Waals surface area contributed by atoms with Crippen molar-refractivity contribution in [2.75, 3.05) is 5.73 Å². The molecule has 1 atom stereocenters. The number of hydrogen-bond donors (Lipinski definition) is 2. The van der Waals surface area contributed by atoms with Crippen LogP contribution in [-0.2, 0) is 5.41 Å². The Hall–Kier alpha value is -3.26. The minimum Gasteiger partial charge on any atom is -0.399 e. The van der Waals surface area contributed by atoms with Gasteiger partial charge in [0, 0.05) is 17.3 Å². The summed E-state index contributed by atoms with van der Waals surface area (Å²) in [7, 11) is 0. The van der Waals surface area contributed by atoms with Crippen LogP contribution in [0.5, 0.6) is 0 Å². The molecule has 3 aliphatic rings. The zero-order chi connectivity index (χ0) is 18.2. The molecule has 3 aliphatic carbocycles. The maximum atomic E-state index is 6.31. The van der Waals surface area contributed by atoms with Gasteiger partial charge in [0.25, 0.3) is 0 Å². The number of anilines is 1. The molecule has 0 aromatic heterocycles. The molecule has 3 aromatic carbocycles. The molecule has 6 rings (SSSR count). The summed E-state index contributed by atoms with van der Waals surface area (Å²) in [5, 5.41) is 0. The highest BCUT2D eigenvalue weighted by Crippen LogP contribution is 2.65. The van der Waals surface area contributed by atoms with Crippen molar-refractivity contribution in [1.29, 1.82) is 0 Å². The van der Waals surface area contributed by atoms with Crippen LogP contribution in [0.15, 0.2) is 90.2 Å². The number of benzene rings is 3. The van der Waals surface area contributed by atoms with Gasteiger partial charge in [0.05, 0.1) is 5.41 Å². The van der Waals surface area contributed by atoms with E-state index in [2.05, 4.69) is 72.8 Å². The third-order valence-electron chi connectivity index (χ3n) is 6.53. The highest BCUT2D eigenvalue weighted by molar-refractivity contribution is 5.89. The molecule has 0 fully saturated rings. The second-order valence-electron chi connectivity index (χ2n) is 7.78. The van der Waals surface area contributed by atoms with Crippen LogP contribution in [-0.4, -0.2) is 0 Å². The molecular weight excluding hydrogens is 328 g/mol. The van der Waals surface area contributed by atoms with Crippen LogP contribution in [0.25, 0.3) is 11.1 Å². The van der Waals surface area contributed by atoms with Crippen LogP contribution in [0.3, 0.4) is 0 Å². The summed E-state index contributed by atoms with van der Waals surface area (Å²) in [6.45, 7) is 0. The van der Waals surface area contributed by atoms with Crippen molar-refractivity contribution in [2.45, 2.75) is 17.8 Å². The lowest BCUT2D eigenvalue weighted by molar-refractivity contribution is 0.702. The lowest BCUT2D eigenvalue weighted by Crippen LogP contribution is -2.28. The molecule has 0 saturated carbocycles. The maximum Gasteiger partial charge on any atom is 0.0686 e. The first kappa shape index (κ1) is 14.9. The minimum atomic E-state index is -0.290. The average Bonchev–Trinajstić information content (AvgIpc) is 3.14. The number of rotatable bonds is 0. The van der Waals surface area contributed by atoms with Crippen LogP contribution in [0.2, 0.25) is 0 Å². The van der Waals surface area contributed by atoms with E-state index in [1.807, 2.05) is 6.07 Å². The van der Waals surface area contributed by atoms with Gasteiger partial charge in [-0.25, -0.2) is 0 Å². The van der Waals surface area contributed by atoms with Gasteiger partial charge in [0.1, 0.15) is 0 Å². The zero-order valence-electron chi connectivity index (χ0n) is 14.9. The third kappa shape index (κ3) is 1.66. The van der Waals surface area contributed by atoms with Gasteiger partial charge in [-0.05, 0) is 63.6 Å². The predicted molar refractivity (Wildman–Crippen MR) is 110 cm³/mol. The fourth-order valence-electron chi connectivity index (χ4n) is 5.58. The first-order valence-electron chi connectivity index (χ1n) is 9.48. The van der Waals surface area contributed by atoms with E-state index < -0.39 is 0 Å². The summed E-state index contributed by atoms with van der Waals surface area (Å²) in [6.07, 6.45) is 5.31. The molecule has 3 aromatic rings. The first-order valence-corrected chi connectivity index (χ1v) is 9.48. The molecule has 0 radical (unpaired) electrons. The van der Waals surface area contributed by atoms with Crippen molar-refractivity contribution >= 4 is 5.69 Å². The zero-order valence-corrected chi connectivity index (χ0v) is 14.9. The molecule has 2 nitrogen and oxygen atoms in total. The summed E-state index contributed by atoms with van der Waals surface area (Å²) >= 11 is 0. The number of fused-ring (bicyclic) bond motifs is 10. The number of hydrogen-bond acceptors (Lipinski definition) is 2. The Morgan fingerprint density at radius 1 is 0.778 bits per heavy atom. The number of allylic oxidation sites excluding steroid dienone is 3. The number of nitrogens with two attached hydrogens (primary N) is 2. The van der Waals surface area contributed by atoms with Gasteiger partial charge in [-0.3, -0.25) is 0 Å². The molecule has 0 saturated heterocycles. The van der Waals surface area contributed by atoms with E-state index in [1.165, 1.54) is 39.0 Å². The van der Waals surface area contributed by atoms with E-state index in [0.29, 0.717) is 5.92 Å². The van der Waals surface area contributed by atoms with Gasteiger partial charge >= 0.3 is 0 Å². The Kier molecular flexibility index (Phi) is 2.71. The fraction of sp³-hybridized carbons (Fsp3) is 0.120. The summed E-state index contributed by atoms with van der Waals surface area (Å²) in [5.41, 5.74) is 23.4. The highest BCUT2D eigenvalue weighted by Gasteiger charge is 2.55. The van der Waals surface area contributed by atoms with Crippen LogP contribution >= 0.6 is 0 Å². The van der Waals surface area contributed by atoms with Gasteiger partial charge in [-0.1, -0.05) is 60.7 Å². The Labute approximate surface area is 158 Å². The third-order valence-corrected chi connectivity index (χ3v) is 6.53. The Bertz CT molecular complexity index is 1140. The first-order chi connectivity index (χ1) is 13.2. The van der Waals surface area contributed by atoms with Crippen molar-refractivity contribution in [3.05, 3.63) is 112 Å². The standard InChI is InChI=1S/C25H20N2/c26-15-9-11-19-20-12-10-16(27)14-24(20)25(23(19)13-15)21-7-3-1-5-17(21)18-6-2-4-8-22(18)25/h1-11,13-14,20H,12,26-27H2. The van der Waals surface area contributed by atoms with Crippen LogP contribution < -0.4 is 11.5 Å². The van der Waals surface area contributed by atoms with Crippen molar-refractivity contribution in [3.63, 3.8) is 0 Å². The van der Waals surface area contributed by atoms with Gasteiger partial charge in [0.15, 0.2) is 0 Å². The van der Waals surface area contributed by atoms with E-state index in [1.54, 1.807) is 0 Å². The Morgan fingerprint density at radius 2 is 1.44 bits per heavy atom. The average molecular weight is 348 g/mol. The van der Waals surface area contributed by atoms with E-state index in [4.69, 9.17) is 11.5 Å². The maximum absolute atomic E-state index is 6.31. The smallest absolute Gasteiger partial charge is 0.0686 e. The van der Waals surface area contributed by atoms with E-state index in [0.717, 1.165) is 17.8 Å². The fourth-order valence-corrected chi connectivity index (χ4v) is 5.58. The van der Waals surface area contributed by atoms with Gasteiger partial charge in [-0.2, -0.15) is 0 Å². The summed E-state index contributed by atoms with van der Waals surface area (Å²) in [5.74, 6) is 0.354. The molecule has 2 heteroatoms. The van der Waals surface area contributed by atoms with Crippen molar-refractivity contribution in [3.8, 4) is 11.1 Å². The van der Waals surface area contributed by atoms with Crippen LogP contribution in [0.1, 0.15) is 34.6 Å².